The van der Waals surface area contributed by atoms with Gasteiger partial charge in [0.2, 0.25) is 0 Å². The quantitative estimate of drug-likeness (QED) is 0.686. The molecule has 0 saturated heterocycles. The number of nitrogens with one attached hydrogen (secondary N) is 1. The number of hydrogen-bond donors (Lipinski definition) is 2. The lowest BCUT2D eigenvalue weighted by Crippen LogP contribution is -2.27. The van der Waals surface area contributed by atoms with Crippen LogP contribution in [0.15, 0.2) is 36.7 Å². The monoisotopic (exact) mass is 341 g/mol. The number of fused-ring (bicyclic) bond motifs is 1. The number of nitrogens with zero attached hydrogens (tertiary/aromatic N) is 4. The molecule has 25 heavy (non-hydrogen) atoms. The smallest absolute Gasteiger partial charge is 0.254 e. The lowest BCUT2D eigenvalue weighted by molar-refractivity contribution is 0.117. The Hall–Kier alpha value is -2.67. The zero-order chi connectivity index (χ0) is 17.8. The number of anilines is 1. The minimum atomic E-state index is -0.658. The molecule has 7 heteroatoms. The Morgan fingerprint density at radius 3 is 2.88 bits per heavy atom. The van der Waals surface area contributed by atoms with Gasteiger partial charge in [-0.25, -0.2) is 4.98 Å². The van der Waals surface area contributed by atoms with Crippen molar-refractivity contribution in [2.24, 2.45) is 0 Å². The van der Waals surface area contributed by atoms with Crippen LogP contribution in [0, 0.1) is 6.92 Å². The van der Waals surface area contributed by atoms with Gasteiger partial charge in [0.25, 0.3) is 5.78 Å². The number of aromatic nitrogens is 4. The first-order valence-electron chi connectivity index (χ1n) is 8.35. The van der Waals surface area contributed by atoms with Crippen molar-refractivity contribution in [1.29, 1.82) is 0 Å². The molecule has 7 nitrogen and oxygen atoms in total. The third-order valence-corrected chi connectivity index (χ3v) is 3.81. The first kappa shape index (κ1) is 17.2. The van der Waals surface area contributed by atoms with Crippen LogP contribution in [0.3, 0.4) is 0 Å². The SMILES string of the molecule is Cc1cccc(OCC(O)CNc2cc(C(C)C)nc3ncnn23)c1. The van der Waals surface area contributed by atoms with E-state index in [0.29, 0.717) is 12.3 Å². The highest BCUT2D eigenvalue weighted by Gasteiger charge is 2.12. The minimum Gasteiger partial charge on any atom is -0.491 e. The molecule has 1 unspecified atom stereocenters. The van der Waals surface area contributed by atoms with Crippen molar-refractivity contribution >= 4 is 11.6 Å². The Morgan fingerprint density at radius 2 is 2.12 bits per heavy atom. The molecule has 2 N–H and O–H groups in total. The molecular formula is C18H23N5O2. The van der Waals surface area contributed by atoms with E-state index in [0.717, 1.165) is 22.8 Å². The van der Waals surface area contributed by atoms with E-state index in [2.05, 4.69) is 34.2 Å². The van der Waals surface area contributed by atoms with Crippen molar-refractivity contribution in [1.82, 2.24) is 19.6 Å². The van der Waals surface area contributed by atoms with Gasteiger partial charge in [-0.05, 0) is 30.5 Å². The Morgan fingerprint density at radius 1 is 1.28 bits per heavy atom. The molecule has 0 saturated carbocycles. The van der Waals surface area contributed by atoms with Crippen molar-refractivity contribution < 1.29 is 9.84 Å². The van der Waals surface area contributed by atoms with Crippen molar-refractivity contribution in [2.45, 2.75) is 32.8 Å². The number of benzene rings is 1. The molecule has 3 aromatic rings. The van der Waals surface area contributed by atoms with Gasteiger partial charge in [-0.1, -0.05) is 26.0 Å². The molecule has 3 rings (SSSR count). The van der Waals surface area contributed by atoms with Crippen LogP contribution in [-0.4, -0.2) is 43.9 Å². The summed E-state index contributed by atoms with van der Waals surface area (Å²) < 4.78 is 7.26. The molecule has 0 amide bonds. The summed E-state index contributed by atoms with van der Waals surface area (Å²) in [5, 5.41) is 17.6. The Balaban J connectivity index is 1.62. The van der Waals surface area contributed by atoms with Crippen LogP contribution in [0.1, 0.15) is 31.0 Å². The minimum absolute atomic E-state index is 0.207. The van der Waals surface area contributed by atoms with Crippen LogP contribution in [-0.2, 0) is 0 Å². The van der Waals surface area contributed by atoms with Crippen molar-refractivity contribution in [2.75, 3.05) is 18.5 Å². The lowest BCUT2D eigenvalue weighted by atomic mass is 10.1. The number of aliphatic hydroxyl groups is 1. The summed E-state index contributed by atoms with van der Waals surface area (Å²) in [6.07, 6.45) is 0.810. The predicted octanol–water partition coefficient (Wildman–Crippen LogP) is 2.41. The summed E-state index contributed by atoms with van der Waals surface area (Å²) in [5.74, 6) is 2.32. The highest BCUT2D eigenvalue weighted by Crippen LogP contribution is 2.18. The second-order valence-corrected chi connectivity index (χ2v) is 6.36. The highest BCUT2D eigenvalue weighted by atomic mass is 16.5. The van der Waals surface area contributed by atoms with Crippen molar-refractivity contribution in [3.63, 3.8) is 0 Å². The van der Waals surface area contributed by atoms with E-state index in [1.54, 1.807) is 4.52 Å². The van der Waals surface area contributed by atoms with Crippen LogP contribution in [0.5, 0.6) is 5.75 Å². The summed E-state index contributed by atoms with van der Waals surface area (Å²) in [4.78, 5) is 8.62. The van der Waals surface area contributed by atoms with Gasteiger partial charge in [-0.2, -0.15) is 14.6 Å². The molecule has 0 spiro atoms. The van der Waals surface area contributed by atoms with Crippen LogP contribution in [0.2, 0.25) is 0 Å². The molecule has 0 aliphatic rings. The molecule has 2 aromatic heterocycles. The largest absolute Gasteiger partial charge is 0.491 e. The van der Waals surface area contributed by atoms with E-state index in [9.17, 15) is 5.11 Å². The van der Waals surface area contributed by atoms with Gasteiger partial charge in [0, 0.05) is 12.6 Å². The maximum absolute atomic E-state index is 10.2. The fourth-order valence-electron chi connectivity index (χ4n) is 2.43. The van der Waals surface area contributed by atoms with Crippen LogP contribution in [0.4, 0.5) is 5.82 Å². The number of aryl methyl sites for hydroxylation is 1. The first-order valence-corrected chi connectivity index (χ1v) is 8.35. The molecule has 0 aliphatic carbocycles. The highest BCUT2D eigenvalue weighted by molar-refractivity contribution is 5.45. The number of hydrogen-bond acceptors (Lipinski definition) is 6. The molecule has 1 atom stereocenters. The van der Waals surface area contributed by atoms with E-state index in [4.69, 9.17) is 4.74 Å². The molecule has 0 bridgehead atoms. The third kappa shape index (κ3) is 4.24. The summed E-state index contributed by atoms with van der Waals surface area (Å²) in [5.41, 5.74) is 2.05. The average Bonchev–Trinajstić information content (AvgIpc) is 3.06. The molecule has 1 aromatic carbocycles. The molecule has 0 aliphatic heterocycles. The maximum atomic E-state index is 10.2. The van der Waals surface area contributed by atoms with Gasteiger partial charge in [0.05, 0.1) is 5.69 Å². The molecule has 2 heterocycles. The average molecular weight is 341 g/mol. The Bertz CT molecular complexity index is 846. The van der Waals surface area contributed by atoms with Gasteiger partial charge in [-0.15, -0.1) is 0 Å². The second-order valence-electron chi connectivity index (χ2n) is 6.36. The maximum Gasteiger partial charge on any atom is 0.254 e. The van der Waals surface area contributed by atoms with Gasteiger partial charge >= 0.3 is 0 Å². The first-order chi connectivity index (χ1) is 12.0. The Labute approximate surface area is 146 Å². The molecule has 0 fully saturated rings. The van der Waals surface area contributed by atoms with Gasteiger partial charge < -0.3 is 15.2 Å². The predicted molar refractivity (Wildman–Crippen MR) is 96.0 cm³/mol. The number of aliphatic hydroxyl groups excluding tert-OH is 1. The van der Waals surface area contributed by atoms with Crippen LogP contribution in [0.25, 0.3) is 5.78 Å². The molecule has 132 valence electrons. The summed E-state index contributed by atoms with van der Waals surface area (Å²) >= 11 is 0. The summed E-state index contributed by atoms with van der Waals surface area (Å²) in [7, 11) is 0. The van der Waals surface area contributed by atoms with Gasteiger partial charge in [0.1, 0.15) is 30.6 Å². The number of rotatable bonds is 7. The second kappa shape index (κ2) is 7.48. The zero-order valence-corrected chi connectivity index (χ0v) is 14.7. The van der Waals surface area contributed by atoms with Crippen molar-refractivity contribution in [3.05, 3.63) is 47.9 Å². The lowest BCUT2D eigenvalue weighted by Gasteiger charge is -2.15. The summed E-state index contributed by atoms with van der Waals surface area (Å²) in [6, 6.07) is 9.69. The summed E-state index contributed by atoms with van der Waals surface area (Å²) in [6.45, 7) is 6.69. The van der Waals surface area contributed by atoms with E-state index in [1.165, 1.54) is 6.33 Å². The van der Waals surface area contributed by atoms with E-state index >= 15 is 0 Å². The topological polar surface area (TPSA) is 84.6 Å². The van der Waals surface area contributed by atoms with E-state index < -0.39 is 6.10 Å². The molecular weight excluding hydrogens is 318 g/mol. The standard InChI is InChI=1S/C18H23N5O2/c1-12(2)16-8-17(23-18(22-16)20-11-21-23)19-9-14(24)10-25-15-6-4-5-13(3)7-15/h4-8,11-12,14,19,24H,9-10H2,1-3H3. The number of ether oxygens (including phenoxy) is 1. The Kier molecular flexibility index (Phi) is 5.14. The van der Waals surface area contributed by atoms with Crippen LogP contribution < -0.4 is 10.1 Å². The third-order valence-electron chi connectivity index (χ3n) is 3.81. The fourth-order valence-corrected chi connectivity index (χ4v) is 2.43. The normalized spacial score (nSPS) is 12.5. The van der Waals surface area contributed by atoms with Gasteiger partial charge in [0.15, 0.2) is 0 Å². The van der Waals surface area contributed by atoms with Gasteiger partial charge in [-0.3, -0.25) is 0 Å². The van der Waals surface area contributed by atoms with E-state index in [1.807, 2.05) is 37.3 Å². The zero-order valence-electron chi connectivity index (χ0n) is 14.7. The fraction of sp³-hybridized carbons (Fsp3) is 0.389. The van der Waals surface area contributed by atoms with E-state index in [-0.39, 0.29) is 12.5 Å². The van der Waals surface area contributed by atoms with Crippen LogP contribution >= 0.6 is 0 Å². The van der Waals surface area contributed by atoms with Crippen molar-refractivity contribution in [3.8, 4) is 5.75 Å². The molecule has 0 radical (unpaired) electrons.